The van der Waals surface area contributed by atoms with Gasteiger partial charge in [-0.2, -0.15) is 0 Å². The number of β-amino-alcohol motifs (C(OH)–C–C–N with tert-alkyl or cyclic N) is 1. The predicted molar refractivity (Wildman–Crippen MR) is 60.3 cm³/mol. The first kappa shape index (κ1) is 12.0. The molecule has 0 bridgehead atoms. The zero-order valence-corrected chi connectivity index (χ0v) is 9.71. The SMILES string of the molecule is CC(C)CCC1CCN(CCO)CC1. The molecule has 0 saturated carbocycles. The molecule has 1 N–H and O–H groups in total. The van der Waals surface area contributed by atoms with E-state index in [-0.39, 0.29) is 0 Å². The van der Waals surface area contributed by atoms with E-state index in [0.717, 1.165) is 18.4 Å². The van der Waals surface area contributed by atoms with E-state index in [1.807, 2.05) is 0 Å². The van der Waals surface area contributed by atoms with E-state index in [0.29, 0.717) is 6.61 Å². The van der Waals surface area contributed by atoms with Crippen LogP contribution in [-0.4, -0.2) is 36.2 Å². The second-order valence-corrected chi connectivity index (χ2v) is 4.98. The summed E-state index contributed by atoms with van der Waals surface area (Å²) in [5.41, 5.74) is 0. The van der Waals surface area contributed by atoms with Gasteiger partial charge >= 0.3 is 0 Å². The Hall–Kier alpha value is -0.0800. The summed E-state index contributed by atoms with van der Waals surface area (Å²) in [5, 5.41) is 8.82. The van der Waals surface area contributed by atoms with E-state index in [1.165, 1.54) is 38.8 Å². The van der Waals surface area contributed by atoms with Gasteiger partial charge in [0.15, 0.2) is 0 Å². The Labute approximate surface area is 88.3 Å². The maximum absolute atomic E-state index is 8.82. The summed E-state index contributed by atoms with van der Waals surface area (Å²) < 4.78 is 0. The summed E-state index contributed by atoms with van der Waals surface area (Å²) in [7, 11) is 0. The van der Waals surface area contributed by atoms with Crippen molar-refractivity contribution in [2.45, 2.75) is 39.5 Å². The van der Waals surface area contributed by atoms with Crippen LogP contribution in [0.1, 0.15) is 39.5 Å². The Morgan fingerprint density at radius 2 is 1.93 bits per heavy atom. The van der Waals surface area contributed by atoms with Crippen molar-refractivity contribution < 1.29 is 5.11 Å². The molecule has 14 heavy (non-hydrogen) atoms. The largest absolute Gasteiger partial charge is 0.395 e. The highest BCUT2D eigenvalue weighted by atomic mass is 16.3. The van der Waals surface area contributed by atoms with E-state index in [2.05, 4.69) is 18.7 Å². The van der Waals surface area contributed by atoms with Gasteiger partial charge in [0.2, 0.25) is 0 Å². The Bertz CT molecular complexity index is 139. The van der Waals surface area contributed by atoms with E-state index >= 15 is 0 Å². The smallest absolute Gasteiger partial charge is 0.0558 e. The highest BCUT2D eigenvalue weighted by Crippen LogP contribution is 2.23. The molecule has 2 heteroatoms. The van der Waals surface area contributed by atoms with Gasteiger partial charge in [-0.15, -0.1) is 0 Å². The maximum Gasteiger partial charge on any atom is 0.0558 e. The van der Waals surface area contributed by atoms with Gasteiger partial charge in [0.05, 0.1) is 6.61 Å². The van der Waals surface area contributed by atoms with Crippen LogP contribution in [0.25, 0.3) is 0 Å². The molecule has 0 aromatic carbocycles. The zero-order chi connectivity index (χ0) is 10.4. The molecule has 1 aliphatic heterocycles. The van der Waals surface area contributed by atoms with Crippen LogP contribution in [-0.2, 0) is 0 Å². The van der Waals surface area contributed by atoms with Crippen molar-refractivity contribution in [2.75, 3.05) is 26.2 Å². The van der Waals surface area contributed by atoms with Crippen molar-refractivity contribution in [1.29, 1.82) is 0 Å². The van der Waals surface area contributed by atoms with Gasteiger partial charge in [-0.1, -0.05) is 26.7 Å². The zero-order valence-electron chi connectivity index (χ0n) is 9.71. The molecule has 1 fully saturated rings. The van der Waals surface area contributed by atoms with Crippen LogP contribution < -0.4 is 0 Å². The quantitative estimate of drug-likeness (QED) is 0.733. The van der Waals surface area contributed by atoms with Crippen LogP contribution >= 0.6 is 0 Å². The monoisotopic (exact) mass is 199 g/mol. The molecule has 1 rings (SSSR count). The molecule has 0 aromatic heterocycles. The molecule has 84 valence electrons. The molecule has 2 nitrogen and oxygen atoms in total. The van der Waals surface area contributed by atoms with Crippen molar-refractivity contribution in [1.82, 2.24) is 4.90 Å². The number of hydrogen-bond donors (Lipinski definition) is 1. The molecular formula is C12H25NO. The fraction of sp³-hybridized carbons (Fsp3) is 1.00. The minimum atomic E-state index is 0.316. The van der Waals surface area contributed by atoms with Crippen LogP contribution in [0.15, 0.2) is 0 Å². The maximum atomic E-state index is 8.82. The van der Waals surface area contributed by atoms with Crippen molar-refractivity contribution in [3.63, 3.8) is 0 Å². The summed E-state index contributed by atoms with van der Waals surface area (Å²) >= 11 is 0. The second-order valence-electron chi connectivity index (χ2n) is 4.98. The number of aliphatic hydroxyl groups is 1. The van der Waals surface area contributed by atoms with Gasteiger partial charge in [-0.25, -0.2) is 0 Å². The van der Waals surface area contributed by atoms with Crippen LogP contribution in [0.5, 0.6) is 0 Å². The summed E-state index contributed by atoms with van der Waals surface area (Å²) in [6, 6.07) is 0. The van der Waals surface area contributed by atoms with Crippen molar-refractivity contribution in [3.8, 4) is 0 Å². The third-order valence-electron chi connectivity index (χ3n) is 3.28. The van der Waals surface area contributed by atoms with Gasteiger partial charge in [0.25, 0.3) is 0 Å². The first-order valence-electron chi connectivity index (χ1n) is 6.05. The van der Waals surface area contributed by atoms with Gasteiger partial charge in [0.1, 0.15) is 0 Å². The molecule has 0 radical (unpaired) electrons. The minimum absolute atomic E-state index is 0.316. The molecule has 0 amide bonds. The minimum Gasteiger partial charge on any atom is -0.395 e. The lowest BCUT2D eigenvalue weighted by molar-refractivity contribution is 0.142. The molecule has 0 unspecified atom stereocenters. The van der Waals surface area contributed by atoms with Gasteiger partial charge in [0, 0.05) is 6.54 Å². The molecule has 0 spiro atoms. The molecule has 0 aromatic rings. The van der Waals surface area contributed by atoms with E-state index < -0.39 is 0 Å². The first-order valence-corrected chi connectivity index (χ1v) is 6.05. The van der Waals surface area contributed by atoms with Crippen molar-refractivity contribution in [2.24, 2.45) is 11.8 Å². The van der Waals surface area contributed by atoms with Crippen molar-refractivity contribution in [3.05, 3.63) is 0 Å². The average Bonchev–Trinajstić information content (AvgIpc) is 2.17. The topological polar surface area (TPSA) is 23.5 Å². The lowest BCUT2D eigenvalue weighted by atomic mass is 9.90. The number of rotatable bonds is 5. The molecule has 1 heterocycles. The third-order valence-corrected chi connectivity index (χ3v) is 3.28. The van der Waals surface area contributed by atoms with E-state index in [4.69, 9.17) is 5.11 Å². The fourth-order valence-electron chi connectivity index (χ4n) is 2.21. The summed E-state index contributed by atoms with van der Waals surface area (Å²) in [6.07, 6.45) is 5.47. The Balaban J connectivity index is 2.09. The number of piperidine rings is 1. The van der Waals surface area contributed by atoms with Crippen LogP contribution in [0.2, 0.25) is 0 Å². The molecule has 1 saturated heterocycles. The lowest BCUT2D eigenvalue weighted by Crippen LogP contribution is -2.35. The fourth-order valence-corrected chi connectivity index (χ4v) is 2.21. The second kappa shape index (κ2) is 6.41. The first-order chi connectivity index (χ1) is 6.72. The Morgan fingerprint density at radius 1 is 1.29 bits per heavy atom. The van der Waals surface area contributed by atoms with Crippen LogP contribution in [0, 0.1) is 11.8 Å². The molecular weight excluding hydrogens is 174 g/mol. The standard InChI is InChI=1S/C12H25NO/c1-11(2)3-4-12-5-7-13(8-6-12)9-10-14/h11-12,14H,3-10H2,1-2H3. The molecule has 1 aliphatic rings. The van der Waals surface area contributed by atoms with Crippen LogP contribution in [0.4, 0.5) is 0 Å². The normalized spacial score (nSPS) is 20.6. The number of hydrogen-bond acceptors (Lipinski definition) is 2. The molecule has 0 atom stereocenters. The van der Waals surface area contributed by atoms with Gasteiger partial charge < -0.3 is 10.0 Å². The van der Waals surface area contributed by atoms with Crippen LogP contribution in [0.3, 0.4) is 0 Å². The highest BCUT2D eigenvalue weighted by molar-refractivity contribution is 4.72. The van der Waals surface area contributed by atoms with Gasteiger partial charge in [-0.05, 0) is 37.8 Å². The number of aliphatic hydroxyl groups excluding tert-OH is 1. The molecule has 0 aliphatic carbocycles. The lowest BCUT2D eigenvalue weighted by Gasteiger charge is -2.31. The summed E-state index contributed by atoms with van der Waals surface area (Å²) in [4.78, 5) is 2.38. The van der Waals surface area contributed by atoms with E-state index in [9.17, 15) is 0 Å². The third kappa shape index (κ3) is 4.43. The van der Waals surface area contributed by atoms with Crippen molar-refractivity contribution >= 4 is 0 Å². The number of nitrogens with zero attached hydrogens (tertiary/aromatic N) is 1. The Kier molecular flexibility index (Phi) is 5.49. The van der Waals surface area contributed by atoms with E-state index in [1.54, 1.807) is 0 Å². The predicted octanol–water partition coefficient (Wildman–Crippen LogP) is 2.13. The highest BCUT2D eigenvalue weighted by Gasteiger charge is 2.18. The summed E-state index contributed by atoms with van der Waals surface area (Å²) in [6.45, 7) is 8.20. The summed E-state index contributed by atoms with van der Waals surface area (Å²) in [5.74, 6) is 1.80. The number of likely N-dealkylation sites (tertiary alicyclic amines) is 1. The average molecular weight is 199 g/mol. The van der Waals surface area contributed by atoms with Gasteiger partial charge in [-0.3, -0.25) is 0 Å². The Morgan fingerprint density at radius 3 is 2.43 bits per heavy atom.